The third kappa shape index (κ3) is 5.89. The topological polar surface area (TPSA) is 39.7 Å². The lowest BCUT2D eigenvalue weighted by molar-refractivity contribution is 0.199. The van der Waals surface area contributed by atoms with Crippen LogP contribution in [0.3, 0.4) is 0 Å². The molecule has 0 atom stereocenters. The van der Waals surface area contributed by atoms with E-state index >= 15 is 0 Å². The van der Waals surface area contributed by atoms with Gasteiger partial charge in [0.15, 0.2) is 11.5 Å². The van der Waals surface area contributed by atoms with Crippen molar-refractivity contribution in [1.82, 2.24) is 5.32 Å². The Labute approximate surface area is 109 Å². The Morgan fingerprint density at radius 3 is 2.44 bits per heavy atom. The second-order valence-corrected chi connectivity index (χ2v) is 3.95. The summed E-state index contributed by atoms with van der Waals surface area (Å²) < 4.78 is 15.8. The van der Waals surface area contributed by atoms with Crippen molar-refractivity contribution in [2.45, 2.75) is 12.8 Å². The molecule has 0 saturated carbocycles. The molecule has 0 spiro atoms. The van der Waals surface area contributed by atoms with Gasteiger partial charge in [0.2, 0.25) is 0 Å². The average Bonchev–Trinajstić information content (AvgIpc) is 2.42. The molecule has 0 aliphatic carbocycles. The van der Waals surface area contributed by atoms with E-state index in [2.05, 4.69) is 5.32 Å². The number of ether oxygens (including phenoxy) is 3. The van der Waals surface area contributed by atoms with Crippen LogP contribution in [0.2, 0.25) is 0 Å². The van der Waals surface area contributed by atoms with Gasteiger partial charge in [-0.15, -0.1) is 0 Å². The molecule has 102 valence electrons. The molecule has 0 fully saturated rings. The van der Waals surface area contributed by atoms with Gasteiger partial charge in [0.25, 0.3) is 0 Å². The SMILES string of the molecule is COCCNCCCCOc1ccccc1OC. The molecule has 1 aromatic rings. The van der Waals surface area contributed by atoms with Gasteiger partial charge in [-0.05, 0) is 31.5 Å². The first-order chi connectivity index (χ1) is 8.88. The second-order valence-electron chi connectivity index (χ2n) is 3.95. The Hall–Kier alpha value is -1.26. The highest BCUT2D eigenvalue weighted by molar-refractivity contribution is 5.39. The number of para-hydroxylation sites is 2. The summed E-state index contributed by atoms with van der Waals surface area (Å²) in [5.74, 6) is 1.60. The van der Waals surface area contributed by atoms with Crippen LogP contribution < -0.4 is 14.8 Å². The average molecular weight is 253 g/mol. The van der Waals surface area contributed by atoms with Gasteiger partial charge in [0, 0.05) is 13.7 Å². The van der Waals surface area contributed by atoms with Crippen LogP contribution in [0.4, 0.5) is 0 Å². The highest BCUT2D eigenvalue weighted by atomic mass is 16.5. The Kier molecular flexibility index (Phi) is 8.01. The minimum absolute atomic E-state index is 0.715. The van der Waals surface area contributed by atoms with Crippen molar-refractivity contribution in [3.05, 3.63) is 24.3 Å². The van der Waals surface area contributed by atoms with Crippen LogP contribution in [0.25, 0.3) is 0 Å². The lowest BCUT2D eigenvalue weighted by Crippen LogP contribution is -2.20. The zero-order valence-corrected chi connectivity index (χ0v) is 11.3. The van der Waals surface area contributed by atoms with Crippen LogP contribution in [0.5, 0.6) is 11.5 Å². The van der Waals surface area contributed by atoms with E-state index in [1.165, 1.54) is 0 Å². The maximum atomic E-state index is 5.68. The summed E-state index contributed by atoms with van der Waals surface area (Å²) in [5.41, 5.74) is 0. The van der Waals surface area contributed by atoms with E-state index in [4.69, 9.17) is 14.2 Å². The predicted molar refractivity (Wildman–Crippen MR) is 72.5 cm³/mol. The van der Waals surface area contributed by atoms with Crippen molar-refractivity contribution in [3.63, 3.8) is 0 Å². The molecule has 1 aromatic carbocycles. The van der Waals surface area contributed by atoms with Crippen LogP contribution in [-0.2, 0) is 4.74 Å². The number of nitrogens with one attached hydrogen (secondary N) is 1. The predicted octanol–water partition coefficient (Wildman–Crippen LogP) is 2.09. The van der Waals surface area contributed by atoms with Gasteiger partial charge >= 0.3 is 0 Å². The first-order valence-electron chi connectivity index (χ1n) is 6.34. The first-order valence-corrected chi connectivity index (χ1v) is 6.34. The molecule has 0 aromatic heterocycles. The Morgan fingerprint density at radius 1 is 0.944 bits per heavy atom. The van der Waals surface area contributed by atoms with Crippen LogP contribution in [-0.4, -0.2) is 40.5 Å². The molecule has 0 heterocycles. The number of unbranched alkanes of at least 4 members (excludes halogenated alkanes) is 1. The zero-order valence-electron chi connectivity index (χ0n) is 11.3. The lowest BCUT2D eigenvalue weighted by atomic mass is 10.3. The highest BCUT2D eigenvalue weighted by Gasteiger charge is 2.01. The lowest BCUT2D eigenvalue weighted by Gasteiger charge is -2.10. The van der Waals surface area contributed by atoms with Crippen molar-refractivity contribution >= 4 is 0 Å². The van der Waals surface area contributed by atoms with Crippen molar-refractivity contribution in [2.75, 3.05) is 40.5 Å². The Morgan fingerprint density at radius 2 is 1.72 bits per heavy atom. The fourth-order valence-electron chi connectivity index (χ4n) is 1.57. The Balaban J connectivity index is 2.07. The minimum atomic E-state index is 0.715. The van der Waals surface area contributed by atoms with E-state index in [1.807, 2.05) is 24.3 Å². The number of rotatable bonds is 10. The van der Waals surface area contributed by atoms with Gasteiger partial charge in [0.1, 0.15) is 0 Å². The first kappa shape index (κ1) is 14.8. The summed E-state index contributed by atoms with van der Waals surface area (Å²) in [5, 5.41) is 3.30. The summed E-state index contributed by atoms with van der Waals surface area (Å²) in [6, 6.07) is 7.72. The number of benzene rings is 1. The van der Waals surface area contributed by atoms with Crippen LogP contribution in [0.1, 0.15) is 12.8 Å². The van der Waals surface area contributed by atoms with E-state index in [9.17, 15) is 0 Å². The summed E-state index contributed by atoms with van der Waals surface area (Å²) in [6.07, 6.45) is 2.12. The number of hydrogen-bond acceptors (Lipinski definition) is 4. The smallest absolute Gasteiger partial charge is 0.161 e. The molecule has 0 unspecified atom stereocenters. The highest BCUT2D eigenvalue weighted by Crippen LogP contribution is 2.25. The molecule has 4 heteroatoms. The van der Waals surface area contributed by atoms with Gasteiger partial charge in [-0.2, -0.15) is 0 Å². The van der Waals surface area contributed by atoms with Crippen LogP contribution in [0, 0.1) is 0 Å². The van der Waals surface area contributed by atoms with E-state index in [0.29, 0.717) is 6.61 Å². The van der Waals surface area contributed by atoms with Crippen LogP contribution >= 0.6 is 0 Å². The maximum Gasteiger partial charge on any atom is 0.161 e. The van der Waals surface area contributed by atoms with E-state index in [-0.39, 0.29) is 0 Å². The zero-order chi connectivity index (χ0) is 13.1. The quantitative estimate of drug-likeness (QED) is 0.648. The van der Waals surface area contributed by atoms with Crippen molar-refractivity contribution in [1.29, 1.82) is 0 Å². The molecule has 0 amide bonds. The standard InChI is InChI=1S/C14H23NO3/c1-16-12-10-15-9-5-6-11-18-14-8-4-3-7-13(14)17-2/h3-4,7-8,15H,5-6,9-12H2,1-2H3. The fourth-order valence-corrected chi connectivity index (χ4v) is 1.57. The molecule has 0 bridgehead atoms. The molecule has 18 heavy (non-hydrogen) atoms. The minimum Gasteiger partial charge on any atom is -0.493 e. The van der Waals surface area contributed by atoms with E-state index in [1.54, 1.807) is 14.2 Å². The summed E-state index contributed by atoms with van der Waals surface area (Å²) in [4.78, 5) is 0. The monoisotopic (exact) mass is 253 g/mol. The summed E-state index contributed by atoms with van der Waals surface area (Å²) in [6.45, 7) is 3.38. The molecule has 0 saturated heterocycles. The normalized spacial score (nSPS) is 10.3. The third-order valence-corrected chi connectivity index (χ3v) is 2.56. The molecule has 0 aliphatic heterocycles. The molecular weight excluding hydrogens is 230 g/mol. The van der Waals surface area contributed by atoms with E-state index < -0.39 is 0 Å². The van der Waals surface area contributed by atoms with Crippen molar-refractivity contribution in [3.8, 4) is 11.5 Å². The fraction of sp³-hybridized carbons (Fsp3) is 0.571. The van der Waals surface area contributed by atoms with Gasteiger partial charge in [-0.1, -0.05) is 12.1 Å². The molecule has 0 aliphatic rings. The van der Waals surface area contributed by atoms with Crippen molar-refractivity contribution in [2.24, 2.45) is 0 Å². The van der Waals surface area contributed by atoms with Gasteiger partial charge in [0.05, 0.1) is 20.3 Å². The summed E-state index contributed by atoms with van der Waals surface area (Å²) in [7, 11) is 3.37. The van der Waals surface area contributed by atoms with Gasteiger partial charge in [-0.25, -0.2) is 0 Å². The summed E-state index contributed by atoms with van der Waals surface area (Å²) >= 11 is 0. The second kappa shape index (κ2) is 9.74. The molecule has 1 N–H and O–H groups in total. The number of hydrogen-bond donors (Lipinski definition) is 1. The molecular formula is C14H23NO3. The Bertz CT molecular complexity index is 318. The van der Waals surface area contributed by atoms with Gasteiger partial charge in [-0.3, -0.25) is 0 Å². The maximum absolute atomic E-state index is 5.68. The molecule has 4 nitrogen and oxygen atoms in total. The van der Waals surface area contributed by atoms with Crippen molar-refractivity contribution < 1.29 is 14.2 Å². The largest absolute Gasteiger partial charge is 0.493 e. The third-order valence-electron chi connectivity index (χ3n) is 2.56. The number of methoxy groups -OCH3 is 2. The van der Waals surface area contributed by atoms with Gasteiger partial charge < -0.3 is 19.5 Å². The van der Waals surface area contributed by atoms with Crippen LogP contribution in [0.15, 0.2) is 24.3 Å². The molecule has 0 radical (unpaired) electrons. The molecule has 1 rings (SSSR count). The van der Waals surface area contributed by atoms with E-state index in [0.717, 1.165) is 44.0 Å².